The molecule has 1 heterocycles. The van der Waals surface area contributed by atoms with Gasteiger partial charge in [-0.05, 0) is 59.4 Å². The van der Waals surface area contributed by atoms with Crippen molar-refractivity contribution in [2.75, 3.05) is 6.61 Å². The van der Waals surface area contributed by atoms with Crippen LogP contribution in [-0.2, 0) is 17.8 Å². The summed E-state index contributed by atoms with van der Waals surface area (Å²) in [5.74, 6) is 0.0711. The Morgan fingerprint density at radius 1 is 1.18 bits per heavy atom. The van der Waals surface area contributed by atoms with E-state index in [-0.39, 0.29) is 12.4 Å². The van der Waals surface area contributed by atoms with Crippen molar-refractivity contribution in [2.24, 2.45) is 17.4 Å². The van der Waals surface area contributed by atoms with Crippen LogP contribution in [0, 0.1) is 11.7 Å². The molecule has 0 aliphatic carbocycles. The van der Waals surface area contributed by atoms with Crippen molar-refractivity contribution in [1.29, 1.82) is 0 Å². The van der Waals surface area contributed by atoms with E-state index in [9.17, 15) is 9.18 Å². The number of benzene rings is 2. The van der Waals surface area contributed by atoms with Crippen LogP contribution < -0.4 is 16.2 Å². The van der Waals surface area contributed by atoms with Crippen molar-refractivity contribution >= 4 is 16.8 Å². The summed E-state index contributed by atoms with van der Waals surface area (Å²) < 4.78 is 18.9. The molecule has 0 aliphatic heterocycles. The summed E-state index contributed by atoms with van der Waals surface area (Å²) in [6.45, 7) is 4.36. The van der Waals surface area contributed by atoms with Gasteiger partial charge in [0.2, 0.25) is 0 Å². The van der Waals surface area contributed by atoms with E-state index < -0.39 is 5.91 Å². The van der Waals surface area contributed by atoms with Crippen LogP contribution in [0.3, 0.4) is 0 Å². The van der Waals surface area contributed by atoms with E-state index in [1.54, 1.807) is 18.2 Å². The number of hydrogen-bond donors (Lipinski definition) is 2. The summed E-state index contributed by atoms with van der Waals surface area (Å²) in [5.41, 5.74) is 15.7. The zero-order chi connectivity index (χ0) is 20.3. The zero-order valence-electron chi connectivity index (χ0n) is 16.0. The molecule has 3 aromatic rings. The van der Waals surface area contributed by atoms with Crippen molar-refractivity contribution in [3.63, 3.8) is 0 Å². The molecule has 2 aromatic carbocycles. The number of nitrogens with zero attached hydrogens (tertiary/aromatic N) is 1. The first-order chi connectivity index (χ1) is 13.4. The lowest BCUT2D eigenvalue weighted by Gasteiger charge is -2.18. The molecule has 1 amide bonds. The molecule has 1 aromatic heterocycles. The Morgan fingerprint density at radius 3 is 2.50 bits per heavy atom. The predicted octanol–water partition coefficient (Wildman–Crippen LogP) is 3.56. The van der Waals surface area contributed by atoms with Gasteiger partial charge in [-0.25, -0.2) is 4.39 Å². The molecule has 3 rings (SSSR count). The summed E-state index contributed by atoms with van der Waals surface area (Å²) in [4.78, 5) is 15.9. The Labute approximate surface area is 163 Å². The van der Waals surface area contributed by atoms with E-state index in [4.69, 9.17) is 21.2 Å². The number of pyridine rings is 1. The third-order valence-corrected chi connectivity index (χ3v) is 4.46. The highest BCUT2D eigenvalue weighted by molar-refractivity contribution is 5.97. The number of carbonyl (C=O) groups excluding carboxylic acids is 1. The number of nitrogens with two attached hydrogens (primary N) is 2. The number of fused-ring (bicyclic) bond motifs is 1. The molecule has 0 aliphatic rings. The fraction of sp³-hybridized carbons (Fsp3) is 0.273. The second-order valence-corrected chi connectivity index (χ2v) is 7.15. The van der Waals surface area contributed by atoms with Gasteiger partial charge in [0, 0.05) is 17.6 Å². The molecule has 0 unspecified atom stereocenters. The number of aromatic nitrogens is 1. The first-order valence-electron chi connectivity index (χ1n) is 9.21. The van der Waals surface area contributed by atoms with Crippen molar-refractivity contribution in [3.05, 3.63) is 59.5 Å². The number of ether oxygens (including phenoxy) is 1. The smallest absolute Gasteiger partial charge is 0.255 e. The van der Waals surface area contributed by atoms with Crippen LogP contribution in [0.15, 0.2) is 42.5 Å². The molecule has 0 radical (unpaired) electrons. The van der Waals surface area contributed by atoms with Gasteiger partial charge in [-0.1, -0.05) is 26.0 Å². The summed E-state index contributed by atoms with van der Waals surface area (Å²) >= 11 is 0. The lowest BCUT2D eigenvalue weighted by atomic mass is 9.91. The lowest BCUT2D eigenvalue weighted by molar-refractivity contribution is -0.119. The normalized spacial score (nSPS) is 11.2. The van der Waals surface area contributed by atoms with E-state index in [0.29, 0.717) is 18.2 Å². The minimum Gasteiger partial charge on any atom is -0.484 e. The summed E-state index contributed by atoms with van der Waals surface area (Å²) in [7, 11) is 0. The minimum absolute atomic E-state index is 0.208. The van der Waals surface area contributed by atoms with Gasteiger partial charge in [0.25, 0.3) is 5.91 Å². The van der Waals surface area contributed by atoms with Crippen molar-refractivity contribution < 1.29 is 13.9 Å². The number of halogens is 1. The lowest BCUT2D eigenvalue weighted by Crippen LogP contribution is -2.20. The average Bonchev–Trinajstić information content (AvgIpc) is 2.65. The molecular weight excluding hydrogens is 357 g/mol. The van der Waals surface area contributed by atoms with E-state index in [2.05, 4.69) is 13.8 Å². The first-order valence-corrected chi connectivity index (χ1v) is 9.21. The van der Waals surface area contributed by atoms with Crippen molar-refractivity contribution in [1.82, 2.24) is 4.98 Å². The molecule has 0 saturated carbocycles. The third-order valence-electron chi connectivity index (χ3n) is 4.46. The largest absolute Gasteiger partial charge is 0.484 e. The van der Waals surface area contributed by atoms with E-state index in [1.165, 1.54) is 12.1 Å². The summed E-state index contributed by atoms with van der Waals surface area (Å²) in [5, 5.41) is 0.835. The Bertz CT molecular complexity index is 1000. The fourth-order valence-electron chi connectivity index (χ4n) is 3.30. The predicted molar refractivity (Wildman–Crippen MR) is 108 cm³/mol. The monoisotopic (exact) mass is 381 g/mol. The molecular formula is C22H24FN3O2. The summed E-state index contributed by atoms with van der Waals surface area (Å²) in [6, 6.07) is 11.8. The van der Waals surface area contributed by atoms with Crippen LogP contribution in [0.1, 0.15) is 25.1 Å². The number of primary amides is 1. The fourth-order valence-corrected chi connectivity index (χ4v) is 3.30. The highest BCUT2D eigenvalue weighted by Gasteiger charge is 2.17. The Kier molecular flexibility index (Phi) is 5.90. The standard InChI is InChI=1S/C22H24FN3O2/c1-13(2)9-20-18(11-24)22(14-3-5-15(23)6-4-14)17-10-16(28-12-21(25)27)7-8-19(17)26-20/h3-8,10,13H,9,11-12,24H2,1-2H3,(H2,25,27). The second-order valence-electron chi connectivity index (χ2n) is 7.15. The van der Waals surface area contributed by atoms with Crippen LogP contribution in [0.4, 0.5) is 4.39 Å². The molecule has 0 bridgehead atoms. The van der Waals surface area contributed by atoms with Gasteiger partial charge in [-0.15, -0.1) is 0 Å². The zero-order valence-corrected chi connectivity index (χ0v) is 16.0. The second kappa shape index (κ2) is 8.35. The summed E-state index contributed by atoms with van der Waals surface area (Å²) in [6.07, 6.45) is 0.788. The number of carbonyl (C=O) groups is 1. The van der Waals surface area contributed by atoms with Crippen molar-refractivity contribution in [3.8, 4) is 16.9 Å². The maximum absolute atomic E-state index is 13.5. The molecule has 0 fully saturated rings. The van der Waals surface area contributed by atoms with Crippen LogP contribution >= 0.6 is 0 Å². The van der Waals surface area contributed by atoms with Crippen LogP contribution in [0.5, 0.6) is 5.75 Å². The van der Waals surface area contributed by atoms with E-state index in [1.807, 2.05) is 12.1 Å². The molecule has 0 spiro atoms. The maximum Gasteiger partial charge on any atom is 0.255 e. The molecule has 6 heteroatoms. The van der Waals surface area contributed by atoms with Crippen LogP contribution in [0.25, 0.3) is 22.0 Å². The number of amides is 1. The number of hydrogen-bond acceptors (Lipinski definition) is 4. The molecule has 146 valence electrons. The minimum atomic E-state index is -0.549. The molecule has 5 nitrogen and oxygen atoms in total. The van der Waals surface area contributed by atoms with Gasteiger partial charge < -0.3 is 16.2 Å². The quantitative estimate of drug-likeness (QED) is 0.655. The number of rotatable bonds is 7. The van der Waals surface area contributed by atoms with Crippen LogP contribution in [0.2, 0.25) is 0 Å². The first kappa shape index (κ1) is 19.8. The third kappa shape index (κ3) is 4.28. The molecule has 0 saturated heterocycles. The molecule has 0 atom stereocenters. The van der Waals surface area contributed by atoms with E-state index in [0.717, 1.165) is 39.7 Å². The molecule has 4 N–H and O–H groups in total. The highest BCUT2D eigenvalue weighted by atomic mass is 19.1. The Morgan fingerprint density at radius 2 is 1.89 bits per heavy atom. The average molecular weight is 381 g/mol. The van der Waals surface area contributed by atoms with Gasteiger partial charge in [-0.2, -0.15) is 0 Å². The Hall–Kier alpha value is -2.99. The van der Waals surface area contributed by atoms with Crippen molar-refractivity contribution in [2.45, 2.75) is 26.8 Å². The van der Waals surface area contributed by atoms with Gasteiger partial charge in [0.05, 0.1) is 5.52 Å². The Balaban J connectivity index is 2.26. The maximum atomic E-state index is 13.5. The van der Waals surface area contributed by atoms with Crippen LogP contribution in [-0.4, -0.2) is 17.5 Å². The topological polar surface area (TPSA) is 91.2 Å². The molecule has 28 heavy (non-hydrogen) atoms. The van der Waals surface area contributed by atoms with E-state index >= 15 is 0 Å². The highest BCUT2D eigenvalue weighted by Crippen LogP contribution is 2.35. The van der Waals surface area contributed by atoms with Gasteiger partial charge in [0.15, 0.2) is 6.61 Å². The van der Waals surface area contributed by atoms with Gasteiger partial charge >= 0.3 is 0 Å². The van der Waals surface area contributed by atoms with Gasteiger partial charge in [-0.3, -0.25) is 9.78 Å². The van der Waals surface area contributed by atoms with Gasteiger partial charge in [0.1, 0.15) is 11.6 Å². The SMILES string of the molecule is CC(C)Cc1nc2ccc(OCC(N)=O)cc2c(-c2ccc(F)cc2)c1CN.